The minimum Gasteiger partial charge on any atom is -0.325 e. The summed E-state index contributed by atoms with van der Waals surface area (Å²) in [6.07, 6.45) is 0. The van der Waals surface area contributed by atoms with Gasteiger partial charge in [-0.05, 0) is 25.1 Å². The maximum atomic E-state index is 12.5. The van der Waals surface area contributed by atoms with E-state index < -0.39 is 10.0 Å². The Morgan fingerprint density at radius 3 is 2.64 bits per heavy atom. The molecule has 0 saturated carbocycles. The molecule has 1 N–H and O–H groups in total. The average molecular weight is 400 g/mol. The van der Waals surface area contributed by atoms with Crippen LogP contribution >= 0.6 is 23.1 Å². The van der Waals surface area contributed by atoms with Gasteiger partial charge in [0.15, 0.2) is 4.34 Å². The van der Waals surface area contributed by atoms with E-state index in [1.807, 2.05) is 12.3 Å². The van der Waals surface area contributed by atoms with E-state index in [2.05, 4.69) is 10.3 Å². The van der Waals surface area contributed by atoms with E-state index in [0.29, 0.717) is 18.8 Å². The first-order chi connectivity index (χ1) is 11.9. The van der Waals surface area contributed by atoms with Gasteiger partial charge in [0.2, 0.25) is 15.9 Å². The van der Waals surface area contributed by atoms with Crippen molar-refractivity contribution in [3.63, 3.8) is 0 Å². The molecule has 0 atom stereocenters. The van der Waals surface area contributed by atoms with Crippen LogP contribution in [0.3, 0.4) is 0 Å². The molecule has 6 nitrogen and oxygen atoms in total. The van der Waals surface area contributed by atoms with Crippen molar-refractivity contribution in [2.75, 3.05) is 24.2 Å². The topological polar surface area (TPSA) is 79.4 Å². The molecule has 0 saturated heterocycles. The van der Waals surface area contributed by atoms with E-state index in [0.717, 1.165) is 10.0 Å². The SMILES string of the molecule is CCN(CC)S(=O)(=O)c1cccc(NC(=O)CSc2nc(C)cs2)c1. The highest BCUT2D eigenvalue weighted by Gasteiger charge is 2.21. The summed E-state index contributed by atoms with van der Waals surface area (Å²) in [5.41, 5.74) is 1.40. The Balaban J connectivity index is 2.04. The van der Waals surface area contributed by atoms with E-state index in [1.165, 1.54) is 39.5 Å². The predicted octanol–water partition coefficient (Wildman–Crippen LogP) is 3.21. The Morgan fingerprint density at radius 2 is 2.04 bits per heavy atom. The summed E-state index contributed by atoms with van der Waals surface area (Å²) < 4.78 is 27.3. The van der Waals surface area contributed by atoms with Gasteiger partial charge in [-0.15, -0.1) is 11.3 Å². The molecule has 0 aliphatic heterocycles. The van der Waals surface area contributed by atoms with Gasteiger partial charge in [0.05, 0.1) is 10.6 Å². The highest BCUT2D eigenvalue weighted by atomic mass is 32.2. The van der Waals surface area contributed by atoms with Crippen LogP contribution in [-0.4, -0.2) is 42.5 Å². The van der Waals surface area contributed by atoms with Gasteiger partial charge < -0.3 is 5.32 Å². The van der Waals surface area contributed by atoms with Crippen molar-refractivity contribution in [2.45, 2.75) is 30.0 Å². The first kappa shape index (κ1) is 19.9. The van der Waals surface area contributed by atoms with Crippen LogP contribution in [0, 0.1) is 6.92 Å². The van der Waals surface area contributed by atoms with E-state index in [9.17, 15) is 13.2 Å². The van der Waals surface area contributed by atoms with E-state index >= 15 is 0 Å². The number of aryl methyl sites for hydroxylation is 1. The third-order valence-corrected chi connectivity index (χ3v) is 7.57. The van der Waals surface area contributed by atoms with Crippen molar-refractivity contribution in [2.24, 2.45) is 0 Å². The van der Waals surface area contributed by atoms with E-state index in [4.69, 9.17) is 0 Å². The van der Waals surface area contributed by atoms with Gasteiger partial charge in [-0.2, -0.15) is 4.31 Å². The number of nitrogens with zero attached hydrogens (tertiary/aromatic N) is 2. The number of nitrogens with one attached hydrogen (secondary N) is 1. The van der Waals surface area contributed by atoms with Crippen molar-refractivity contribution < 1.29 is 13.2 Å². The van der Waals surface area contributed by atoms with Crippen LogP contribution in [0.15, 0.2) is 38.9 Å². The fourth-order valence-corrected chi connectivity index (χ4v) is 5.32. The van der Waals surface area contributed by atoms with Gasteiger partial charge >= 0.3 is 0 Å². The number of carbonyl (C=O) groups excluding carboxylic acids is 1. The number of rotatable bonds is 8. The van der Waals surface area contributed by atoms with Crippen molar-refractivity contribution in [1.29, 1.82) is 0 Å². The van der Waals surface area contributed by atoms with Gasteiger partial charge in [-0.1, -0.05) is 31.7 Å². The van der Waals surface area contributed by atoms with Gasteiger partial charge in [-0.3, -0.25) is 4.79 Å². The average Bonchev–Trinajstić information content (AvgIpc) is 2.99. The third kappa shape index (κ3) is 5.27. The third-order valence-electron chi connectivity index (χ3n) is 3.39. The van der Waals surface area contributed by atoms with Crippen LogP contribution in [0.4, 0.5) is 5.69 Å². The minimum absolute atomic E-state index is 0.178. The molecule has 2 rings (SSSR count). The highest BCUT2D eigenvalue weighted by molar-refractivity contribution is 8.01. The standard InChI is InChI=1S/C16H21N3O3S3/c1-4-19(5-2)25(21,22)14-8-6-7-13(9-14)18-15(20)11-24-16-17-12(3)10-23-16/h6-10H,4-5,11H2,1-3H3,(H,18,20). The number of hydrogen-bond acceptors (Lipinski definition) is 6. The summed E-state index contributed by atoms with van der Waals surface area (Å²) in [5.74, 6) is 0.0233. The zero-order valence-electron chi connectivity index (χ0n) is 14.4. The fourth-order valence-electron chi connectivity index (χ4n) is 2.17. The molecule has 0 aliphatic carbocycles. The lowest BCUT2D eigenvalue weighted by atomic mass is 10.3. The van der Waals surface area contributed by atoms with Crippen molar-refractivity contribution in [1.82, 2.24) is 9.29 Å². The lowest BCUT2D eigenvalue weighted by Gasteiger charge is -2.18. The smallest absolute Gasteiger partial charge is 0.243 e. The maximum absolute atomic E-state index is 12.5. The number of hydrogen-bond donors (Lipinski definition) is 1. The molecule has 0 radical (unpaired) electrons. The van der Waals surface area contributed by atoms with Crippen LogP contribution in [-0.2, 0) is 14.8 Å². The molecule has 0 bridgehead atoms. The number of benzene rings is 1. The Bertz CT molecular complexity index is 830. The largest absolute Gasteiger partial charge is 0.325 e. The molecule has 9 heteroatoms. The molecule has 136 valence electrons. The van der Waals surface area contributed by atoms with Crippen molar-refractivity contribution >= 4 is 44.7 Å². The molecule has 1 aromatic heterocycles. The lowest BCUT2D eigenvalue weighted by molar-refractivity contribution is -0.113. The second-order valence-electron chi connectivity index (χ2n) is 5.21. The molecule has 2 aromatic rings. The molecule has 0 fully saturated rings. The number of carbonyl (C=O) groups is 1. The zero-order valence-corrected chi connectivity index (χ0v) is 16.8. The fraction of sp³-hybridized carbons (Fsp3) is 0.375. The van der Waals surface area contributed by atoms with Gasteiger partial charge in [0, 0.05) is 29.9 Å². The normalized spacial score (nSPS) is 11.7. The van der Waals surface area contributed by atoms with E-state index in [-0.39, 0.29) is 16.6 Å². The first-order valence-corrected chi connectivity index (χ1v) is 11.1. The number of thiazole rings is 1. The number of aromatic nitrogens is 1. The summed E-state index contributed by atoms with van der Waals surface area (Å²) in [5, 5.41) is 4.67. The van der Waals surface area contributed by atoms with Gasteiger partial charge in [0.1, 0.15) is 0 Å². The first-order valence-electron chi connectivity index (χ1n) is 7.81. The molecule has 25 heavy (non-hydrogen) atoms. The number of thioether (sulfide) groups is 1. The summed E-state index contributed by atoms with van der Waals surface area (Å²) in [7, 11) is -3.54. The molecular formula is C16H21N3O3S3. The quantitative estimate of drug-likeness (QED) is 0.690. The van der Waals surface area contributed by atoms with Crippen LogP contribution in [0.5, 0.6) is 0 Å². The second-order valence-corrected chi connectivity index (χ2v) is 9.23. The summed E-state index contributed by atoms with van der Waals surface area (Å²) in [4.78, 5) is 16.6. The highest BCUT2D eigenvalue weighted by Crippen LogP contribution is 2.23. The van der Waals surface area contributed by atoms with Crippen LogP contribution in [0.25, 0.3) is 0 Å². The summed E-state index contributed by atoms with van der Waals surface area (Å²) in [6.45, 7) is 6.30. The minimum atomic E-state index is -3.54. The van der Waals surface area contributed by atoms with Crippen molar-refractivity contribution in [3.8, 4) is 0 Å². The number of sulfonamides is 1. The summed E-state index contributed by atoms with van der Waals surface area (Å²) >= 11 is 2.86. The molecule has 0 aliphatic rings. The van der Waals surface area contributed by atoms with Crippen LogP contribution in [0.1, 0.15) is 19.5 Å². The molecule has 1 amide bonds. The molecular weight excluding hydrogens is 378 g/mol. The second kappa shape index (κ2) is 8.79. The zero-order chi connectivity index (χ0) is 18.4. The molecule has 0 unspecified atom stereocenters. The lowest BCUT2D eigenvalue weighted by Crippen LogP contribution is -2.30. The van der Waals surface area contributed by atoms with E-state index in [1.54, 1.807) is 26.0 Å². The van der Waals surface area contributed by atoms with Crippen LogP contribution < -0.4 is 5.32 Å². The monoisotopic (exact) mass is 399 g/mol. The van der Waals surface area contributed by atoms with Gasteiger partial charge in [0.25, 0.3) is 0 Å². The Labute approximate surface area is 156 Å². The Morgan fingerprint density at radius 1 is 1.32 bits per heavy atom. The number of amides is 1. The molecule has 1 aromatic carbocycles. The molecule has 0 spiro atoms. The van der Waals surface area contributed by atoms with Crippen LogP contribution in [0.2, 0.25) is 0 Å². The number of anilines is 1. The van der Waals surface area contributed by atoms with Gasteiger partial charge in [-0.25, -0.2) is 13.4 Å². The molecule has 1 heterocycles. The Hall–Kier alpha value is -1.42. The predicted molar refractivity (Wildman–Crippen MR) is 103 cm³/mol. The maximum Gasteiger partial charge on any atom is 0.243 e. The Kier molecular flexibility index (Phi) is 7.00. The van der Waals surface area contributed by atoms with Crippen molar-refractivity contribution in [3.05, 3.63) is 35.3 Å². The summed E-state index contributed by atoms with van der Waals surface area (Å²) in [6, 6.07) is 6.33.